The van der Waals surface area contributed by atoms with Gasteiger partial charge in [-0.1, -0.05) is 29.8 Å². The van der Waals surface area contributed by atoms with Crippen molar-refractivity contribution in [3.8, 4) is 16.9 Å². The summed E-state index contributed by atoms with van der Waals surface area (Å²) in [5.41, 5.74) is 15.8. The van der Waals surface area contributed by atoms with E-state index in [0.29, 0.717) is 30.2 Å². The molecule has 2 heterocycles. The molecule has 3 atom stereocenters. The molecular weight excluding hydrogens is 392 g/mol. The van der Waals surface area contributed by atoms with Gasteiger partial charge in [0.15, 0.2) is 0 Å². The molecule has 0 bridgehead atoms. The normalized spacial score (nSPS) is 23.2. The first kappa shape index (κ1) is 21.2. The molecule has 2 aliphatic heterocycles. The maximum Gasteiger partial charge on any atom is 0.221 e. The van der Waals surface area contributed by atoms with Gasteiger partial charge in [-0.25, -0.2) is 14.9 Å². The number of ether oxygens (including phenoxy) is 1. The monoisotopic (exact) mass is 422 g/mol. The summed E-state index contributed by atoms with van der Waals surface area (Å²) < 4.78 is 6.43. The summed E-state index contributed by atoms with van der Waals surface area (Å²) in [6, 6.07) is 13.8. The minimum atomic E-state index is -0.976. The van der Waals surface area contributed by atoms with Crippen LogP contribution in [0.2, 0.25) is 0 Å². The SMILES string of the molecule is CC(C)=CC(CCO)C1CC2(N=C(N)N(C)O2)c2cc(-c3cccc(N)c3)ccc2O1. The second-order valence-corrected chi connectivity index (χ2v) is 8.46. The molecule has 0 saturated heterocycles. The highest BCUT2D eigenvalue weighted by Crippen LogP contribution is 2.48. The zero-order chi connectivity index (χ0) is 22.2. The van der Waals surface area contributed by atoms with Crippen LogP contribution in [0.3, 0.4) is 0 Å². The number of hydroxylamine groups is 2. The molecule has 7 nitrogen and oxygen atoms in total. The van der Waals surface area contributed by atoms with Crippen LogP contribution < -0.4 is 16.2 Å². The van der Waals surface area contributed by atoms with Gasteiger partial charge in [-0.2, -0.15) is 0 Å². The zero-order valence-electron chi connectivity index (χ0n) is 18.2. The molecule has 5 N–H and O–H groups in total. The Bertz CT molecular complexity index is 1030. The number of benzene rings is 2. The molecule has 0 radical (unpaired) electrons. The number of fused-ring (bicyclic) bond motifs is 2. The summed E-state index contributed by atoms with van der Waals surface area (Å²) in [4.78, 5) is 11.0. The van der Waals surface area contributed by atoms with E-state index in [-0.39, 0.29) is 18.6 Å². The Morgan fingerprint density at radius 3 is 2.68 bits per heavy atom. The van der Waals surface area contributed by atoms with E-state index in [0.717, 1.165) is 16.7 Å². The van der Waals surface area contributed by atoms with Crippen LogP contribution in [-0.4, -0.2) is 35.9 Å². The Hall–Kier alpha value is -3.03. The van der Waals surface area contributed by atoms with Crippen LogP contribution in [-0.2, 0) is 10.6 Å². The summed E-state index contributed by atoms with van der Waals surface area (Å²) in [5, 5.41) is 11.1. The smallest absolute Gasteiger partial charge is 0.221 e. The first-order chi connectivity index (χ1) is 14.8. The number of hydrogen-bond donors (Lipinski definition) is 3. The molecule has 2 aromatic carbocycles. The zero-order valence-corrected chi connectivity index (χ0v) is 18.2. The molecule has 4 rings (SSSR count). The second-order valence-electron chi connectivity index (χ2n) is 8.46. The van der Waals surface area contributed by atoms with Crippen molar-refractivity contribution < 1.29 is 14.7 Å². The van der Waals surface area contributed by atoms with Crippen molar-refractivity contribution in [2.24, 2.45) is 16.6 Å². The number of nitrogen functional groups attached to an aromatic ring is 1. The summed E-state index contributed by atoms with van der Waals surface area (Å²) >= 11 is 0. The highest BCUT2D eigenvalue weighted by atomic mass is 16.7. The average molecular weight is 423 g/mol. The lowest BCUT2D eigenvalue weighted by Crippen LogP contribution is -2.42. The van der Waals surface area contributed by atoms with Gasteiger partial charge in [0, 0.05) is 31.7 Å². The minimum Gasteiger partial charge on any atom is -0.489 e. The third-order valence-corrected chi connectivity index (χ3v) is 5.77. The molecule has 0 aromatic heterocycles. The van der Waals surface area contributed by atoms with Crippen LogP contribution in [0.4, 0.5) is 5.69 Å². The molecule has 7 heteroatoms. The first-order valence-electron chi connectivity index (χ1n) is 10.5. The fraction of sp³-hybridized carbons (Fsp3) is 0.375. The van der Waals surface area contributed by atoms with Crippen LogP contribution in [0.15, 0.2) is 59.1 Å². The van der Waals surface area contributed by atoms with Gasteiger partial charge in [-0.15, -0.1) is 0 Å². The van der Waals surface area contributed by atoms with E-state index in [1.54, 1.807) is 7.05 Å². The Morgan fingerprint density at radius 2 is 2.03 bits per heavy atom. The topological polar surface area (TPSA) is 106 Å². The Morgan fingerprint density at radius 1 is 1.26 bits per heavy atom. The number of anilines is 1. The maximum atomic E-state index is 9.62. The van der Waals surface area contributed by atoms with E-state index in [1.807, 2.05) is 56.3 Å². The van der Waals surface area contributed by atoms with E-state index >= 15 is 0 Å². The second kappa shape index (κ2) is 8.24. The lowest BCUT2D eigenvalue weighted by atomic mass is 9.84. The summed E-state index contributed by atoms with van der Waals surface area (Å²) in [6.07, 6.45) is 3.01. The van der Waals surface area contributed by atoms with Crippen molar-refractivity contribution in [3.63, 3.8) is 0 Å². The van der Waals surface area contributed by atoms with Gasteiger partial charge in [0.05, 0.1) is 5.56 Å². The van der Waals surface area contributed by atoms with E-state index < -0.39 is 5.72 Å². The molecule has 0 saturated carbocycles. The molecule has 1 spiro atoms. The van der Waals surface area contributed by atoms with Crippen molar-refractivity contribution in [1.82, 2.24) is 5.06 Å². The average Bonchev–Trinajstić information content (AvgIpc) is 3.00. The van der Waals surface area contributed by atoms with Gasteiger partial charge in [0.1, 0.15) is 11.9 Å². The van der Waals surface area contributed by atoms with Gasteiger partial charge in [0.2, 0.25) is 11.7 Å². The highest BCUT2D eigenvalue weighted by molar-refractivity contribution is 5.79. The summed E-state index contributed by atoms with van der Waals surface area (Å²) in [7, 11) is 1.75. The molecule has 0 aliphatic carbocycles. The molecule has 164 valence electrons. The van der Waals surface area contributed by atoms with Gasteiger partial charge in [0.25, 0.3) is 0 Å². The number of guanidine groups is 1. The highest BCUT2D eigenvalue weighted by Gasteiger charge is 2.49. The molecule has 0 fully saturated rings. The number of allylic oxidation sites excluding steroid dienone is 1. The largest absolute Gasteiger partial charge is 0.489 e. The van der Waals surface area contributed by atoms with Gasteiger partial charge >= 0.3 is 0 Å². The molecule has 31 heavy (non-hydrogen) atoms. The third-order valence-electron chi connectivity index (χ3n) is 5.77. The van der Waals surface area contributed by atoms with Crippen molar-refractivity contribution in [2.45, 2.75) is 38.5 Å². The summed E-state index contributed by atoms with van der Waals surface area (Å²) in [5.74, 6) is 1.06. The molecule has 0 amide bonds. The fourth-order valence-corrected chi connectivity index (χ4v) is 4.36. The van der Waals surface area contributed by atoms with Crippen LogP contribution in [0.25, 0.3) is 11.1 Å². The number of aliphatic hydroxyl groups is 1. The number of nitrogens with zero attached hydrogens (tertiary/aromatic N) is 2. The standard InChI is InChI=1S/C24H30N4O3/c1-15(2)11-18(9-10-29)22-14-24(27-23(26)28(3)31-24)20-13-17(7-8-21(20)30-22)16-5-4-6-19(25)12-16/h4-8,11-13,18,22,29H,9-10,14,25H2,1-3H3,(H2,26,27). The number of aliphatic hydroxyl groups excluding tert-OH is 1. The van der Waals surface area contributed by atoms with Crippen molar-refractivity contribution in [1.29, 1.82) is 0 Å². The van der Waals surface area contributed by atoms with Gasteiger partial charge < -0.3 is 21.3 Å². The van der Waals surface area contributed by atoms with E-state index in [1.165, 1.54) is 10.6 Å². The van der Waals surface area contributed by atoms with E-state index in [9.17, 15) is 5.11 Å². The number of aliphatic imine (C=N–C) groups is 1. The van der Waals surface area contributed by atoms with Crippen LogP contribution >= 0.6 is 0 Å². The summed E-state index contributed by atoms with van der Waals surface area (Å²) in [6.45, 7) is 4.17. The van der Waals surface area contributed by atoms with Crippen molar-refractivity contribution in [2.75, 3.05) is 19.4 Å². The lowest BCUT2D eigenvalue weighted by Gasteiger charge is -2.39. The van der Waals surface area contributed by atoms with E-state index in [2.05, 4.69) is 6.08 Å². The Balaban J connectivity index is 1.80. The number of rotatable bonds is 5. The van der Waals surface area contributed by atoms with Gasteiger partial charge in [-0.05, 0) is 55.7 Å². The van der Waals surface area contributed by atoms with Crippen LogP contribution in [0, 0.1) is 5.92 Å². The number of nitrogens with two attached hydrogens (primary N) is 2. The molecule has 2 aliphatic rings. The maximum absolute atomic E-state index is 9.62. The Labute approximate surface area is 182 Å². The van der Waals surface area contributed by atoms with Crippen molar-refractivity contribution >= 4 is 11.6 Å². The predicted molar refractivity (Wildman–Crippen MR) is 122 cm³/mol. The predicted octanol–water partition coefficient (Wildman–Crippen LogP) is 3.40. The Kier molecular flexibility index (Phi) is 5.64. The first-order valence-corrected chi connectivity index (χ1v) is 10.5. The quantitative estimate of drug-likeness (QED) is 0.504. The van der Waals surface area contributed by atoms with Crippen LogP contribution in [0.5, 0.6) is 5.75 Å². The lowest BCUT2D eigenvalue weighted by molar-refractivity contribution is -0.193. The third kappa shape index (κ3) is 4.11. The molecule has 3 unspecified atom stereocenters. The fourth-order valence-electron chi connectivity index (χ4n) is 4.36. The van der Waals surface area contributed by atoms with E-state index in [4.69, 9.17) is 26.0 Å². The molecular formula is C24H30N4O3. The van der Waals surface area contributed by atoms with Crippen LogP contribution in [0.1, 0.15) is 32.3 Å². The van der Waals surface area contributed by atoms with Gasteiger partial charge in [-0.3, -0.25) is 0 Å². The van der Waals surface area contributed by atoms with Crippen molar-refractivity contribution in [3.05, 3.63) is 59.7 Å². The minimum absolute atomic E-state index is 0.0274. The number of hydrogen-bond acceptors (Lipinski definition) is 7. The molecule has 2 aromatic rings.